The molecule has 0 saturated carbocycles. The molecule has 3 aromatic carbocycles. The summed E-state index contributed by atoms with van der Waals surface area (Å²) in [5.74, 6) is -7.67. The van der Waals surface area contributed by atoms with Crippen LogP contribution in [0.5, 0.6) is 0 Å². The number of aliphatic hydroxyl groups excluding tert-OH is 1. The van der Waals surface area contributed by atoms with Gasteiger partial charge in [-0.3, -0.25) is 14.2 Å². The summed E-state index contributed by atoms with van der Waals surface area (Å²) in [6, 6.07) is 10.9. The van der Waals surface area contributed by atoms with Gasteiger partial charge in [-0.15, -0.1) is 0 Å². The molecule has 1 atom stereocenters. The van der Waals surface area contributed by atoms with E-state index in [-0.39, 0.29) is 33.5 Å². The number of alkyl halides is 3. The van der Waals surface area contributed by atoms with E-state index in [4.69, 9.17) is 0 Å². The van der Waals surface area contributed by atoms with Crippen LogP contribution in [0, 0.1) is 30.2 Å². The molecule has 2 aromatic heterocycles. The Morgan fingerprint density at radius 1 is 0.940 bits per heavy atom. The molecule has 10 nitrogen and oxygen atoms in total. The first-order valence-electron chi connectivity index (χ1n) is 14.5. The lowest BCUT2D eigenvalue weighted by molar-refractivity contribution is -0.200. The van der Waals surface area contributed by atoms with Crippen molar-refractivity contribution in [2.45, 2.75) is 25.6 Å². The minimum atomic E-state index is -5.32. The number of rotatable bonds is 10. The summed E-state index contributed by atoms with van der Waals surface area (Å²) in [6.07, 6.45) is -5.72. The largest absolute Gasteiger partial charge is 0.490 e. The summed E-state index contributed by atoms with van der Waals surface area (Å²) in [6.45, 7) is -0.275. The van der Waals surface area contributed by atoms with E-state index in [2.05, 4.69) is 25.3 Å². The van der Waals surface area contributed by atoms with Crippen LogP contribution in [-0.4, -0.2) is 56.9 Å². The molecule has 0 fully saturated rings. The second kappa shape index (κ2) is 14.3. The molecule has 50 heavy (non-hydrogen) atoms. The SMILES string of the molecule is Cc1ccc(NC(=O)Cc2cc(F)cc(F)c2)cc1-c1nc(NC(CO)COC(=O)C(F)(F)F)nc2c1ccc(=O)n2-c1c(F)cccc1F. The molecule has 0 aliphatic carbocycles. The van der Waals surface area contributed by atoms with Crippen molar-refractivity contribution in [1.29, 1.82) is 0 Å². The number of aliphatic hydroxyl groups is 1. The summed E-state index contributed by atoms with van der Waals surface area (Å²) in [5.41, 5.74) is -1.11. The number of carbonyl (C=O) groups excluding carboxylic acids is 2. The Bertz CT molecular complexity index is 2130. The molecular weight excluding hydrogens is 679 g/mol. The number of hydrogen-bond donors (Lipinski definition) is 3. The van der Waals surface area contributed by atoms with Gasteiger partial charge in [-0.25, -0.2) is 27.3 Å². The number of aromatic nitrogens is 3. The van der Waals surface area contributed by atoms with Gasteiger partial charge < -0.3 is 20.5 Å². The molecule has 1 unspecified atom stereocenters. The number of ether oxygens (including phenoxy) is 1. The van der Waals surface area contributed by atoms with E-state index in [1.54, 1.807) is 13.0 Å². The molecule has 5 rings (SSSR count). The van der Waals surface area contributed by atoms with Gasteiger partial charge in [0, 0.05) is 28.8 Å². The Balaban J connectivity index is 1.62. The number of amides is 1. The van der Waals surface area contributed by atoms with Crippen LogP contribution in [0.3, 0.4) is 0 Å². The maximum atomic E-state index is 15.0. The van der Waals surface area contributed by atoms with E-state index in [1.807, 2.05) is 0 Å². The van der Waals surface area contributed by atoms with Crippen molar-refractivity contribution < 1.29 is 50.2 Å². The topological polar surface area (TPSA) is 135 Å². The summed E-state index contributed by atoms with van der Waals surface area (Å²) in [5, 5.41) is 15.0. The molecule has 17 heteroatoms. The number of halogens is 7. The lowest BCUT2D eigenvalue weighted by atomic mass is 10.0. The molecule has 1 amide bonds. The van der Waals surface area contributed by atoms with Gasteiger partial charge in [-0.05, 0) is 60.5 Å². The highest BCUT2D eigenvalue weighted by molar-refractivity contribution is 5.96. The predicted octanol–water partition coefficient (Wildman–Crippen LogP) is 5.37. The van der Waals surface area contributed by atoms with Crippen LogP contribution in [0.4, 0.5) is 42.4 Å². The van der Waals surface area contributed by atoms with Gasteiger partial charge in [0.05, 0.1) is 24.8 Å². The number of nitrogens with one attached hydrogen (secondary N) is 2. The quantitative estimate of drug-likeness (QED) is 0.131. The average molecular weight is 704 g/mol. The lowest BCUT2D eigenvalue weighted by Gasteiger charge is -2.20. The van der Waals surface area contributed by atoms with E-state index >= 15 is 8.78 Å². The minimum Gasteiger partial charge on any atom is -0.457 e. The summed E-state index contributed by atoms with van der Waals surface area (Å²) in [4.78, 5) is 45.8. The molecule has 0 radical (unpaired) electrons. The molecule has 0 saturated heterocycles. The van der Waals surface area contributed by atoms with Gasteiger partial charge >= 0.3 is 12.1 Å². The van der Waals surface area contributed by atoms with E-state index in [0.717, 1.165) is 36.4 Å². The first kappa shape index (κ1) is 35.5. The zero-order valence-electron chi connectivity index (χ0n) is 25.6. The standard InChI is InChI=1S/C33H24F7N5O5/c1-16-5-6-20(41-26(47)11-17-9-18(34)12-19(35)10-17)13-23(16)28-22-7-8-27(48)45(29-24(36)3-2-4-25(29)37)30(22)44-32(43-28)42-21(14-46)15-50-31(49)33(38,39)40/h2-10,12-13,21,46H,11,14-15H2,1H3,(H,41,47)(H,42,43,44). The number of esters is 1. The third-order valence-corrected chi connectivity index (χ3v) is 7.18. The highest BCUT2D eigenvalue weighted by Gasteiger charge is 2.41. The number of hydrogen-bond acceptors (Lipinski definition) is 8. The van der Waals surface area contributed by atoms with Crippen LogP contribution in [0.1, 0.15) is 11.1 Å². The Morgan fingerprint density at radius 2 is 1.62 bits per heavy atom. The smallest absolute Gasteiger partial charge is 0.457 e. The third kappa shape index (κ3) is 7.89. The zero-order chi connectivity index (χ0) is 36.3. The summed E-state index contributed by atoms with van der Waals surface area (Å²) >= 11 is 0. The third-order valence-electron chi connectivity index (χ3n) is 7.18. The van der Waals surface area contributed by atoms with Crippen molar-refractivity contribution >= 4 is 34.5 Å². The molecule has 0 aliphatic rings. The van der Waals surface area contributed by atoms with Crippen LogP contribution in [0.15, 0.2) is 71.5 Å². The predicted molar refractivity (Wildman–Crippen MR) is 165 cm³/mol. The van der Waals surface area contributed by atoms with Crippen LogP contribution in [0.2, 0.25) is 0 Å². The normalized spacial score (nSPS) is 12.1. The highest BCUT2D eigenvalue weighted by atomic mass is 19.4. The maximum Gasteiger partial charge on any atom is 0.490 e. The average Bonchev–Trinajstić information content (AvgIpc) is 3.03. The van der Waals surface area contributed by atoms with Crippen molar-refractivity contribution in [3.63, 3.8) is 0 Å². The molecule has 2 heterocycles. The van der Waals surface area contributed by atoms with Gasteiger partial charge in [0.15, 0.2) is 5.65 Å². The summed E-state index contributed by atoms with van der Waals surface area (Å²) < 4.78 is 100. The number of benzene rings is 3. The molecule has 3 N–H and O–H groups in total. The van der Waals surface area contributed by atoms with Gasteiger partial charge in [0.2, 0.25) is 11.9 Å². The minimum absolute atomic E-state index is 0.00669. The van der Waals surface area contributed by atoms with Crippen molar-refractivity contribution in [3.8, 4) is 16.9 Å². The van der Waals surface area contributed by atoms with Gasteiger partial charge in [-0.1, -0.05) is 12.1 Å². The first-order chi connectivity index (χ1) is 23.6. The molecule has 0 bridgehead atoms. The number of pyridine rings is 1. The van der Waals surface area contributed by atoms with Crippen LogP contribution in [0.25, 0.3) is 28.0 Å². The molecular formula is C33H24F7N5O5. The number of anilines is 2. The van der Waals surface area contributed by atoms with Crippen LogP contribution in [-0.2, 0) is 20.7 Å². The van der Waals surface area contributed by atoms with Crippen molar-refractivity contribution in [3.05, 3.63) is 111 Å². The number of aryl methyl sites for hydroxylation is 1. The second-order valence-corrected chi connectivity index (χ2v) is 10.9. The second-order valence-electron chi connectivity index (χ2n) is 10.9. The van der Waals surface area contributed by atoms with E-state index in [0.29, 0.717) is 16.2 Å². The summed E-state index contributed by atoms with van der Waals surface area (Å²) in [7, 11) is 0. The lowest BCUT2D eigenvalue weighted by Crippen LogP contribution is -2.35. The fraction of sp³-hybridized carbons (Fsp3) is 0.182. The van der Waals surface area contributed by atoms with Crippen LogP contribution < -0.4 is 16.2 Å². The van der Waals surface area contributed by atoms with Gasteiger partial charge in [-0.2, -0.15) is 18.2 Å². The Kier molecular flexibility index (Phi) is 10.2. The Labute approximate surface area is 277 Å². The number of nitrogens with zero attached hydrogens (tertiary/aromatic N) is 3. The monoisotopic (exact) mass is 703 g/mol. The fourth-order valence-electron chi connectivity index (χ4n) is 4.94. The fourth-order valence-corrected chi connectivity index (χ4v) is 4.94. The van der Waals surface area contributed by atoms with E-state index < -0.39 is 84.2 Å². The van der Waals surface area contributed by atoms with Crippen LogP contribution >= 0.6 is 0 Å². The van der Waals surface area contributed by atoms with Crippen molar-refractivity contribution in [2.24, 2.45) is 0 Å². The Hall–Kier alpha value is -5.84. The van der Waals surface area contributed by atoms with Crippen molar-refractivity contribution in [2.75, 3.05) is 23.8 Å². The maximum absolute atomic E-state index is 15.0. The molecule has 0 aliphatic heterocycles. The Morgan fingerprint density at radius 3 is 2.26 bits per heavy atom. The molecule has 5 aromatic rings. The van der Waals surface area contributed by atoms with Crippen molar-refractivity contribution in [1.82, 2.24) is 14.5 Å². The molecule has 0 spiro atoms. The highest BCUT2D eigenvalue weighted by Crippen LogP contribution is 2.33. The van der Waals surface area contributed by atoms with E-state index in [1.165, 1.54) is 18.2 Å². The van der Waals surface area contributed by atoms with Gasteiger partial charge in [0.1, 0.15) is 35.6 Å². The number of carbonyl (C=O) groups is 2. The first-order valence-corrected chi connectivity index (χ1v) is 14.5. The van der Waals surface area contributed by atoms with E-state index in [9.17, 15) is 41.4 Å². The number of fused-ring (bicyclic) bond motifs is 1. The molecule has 260 valence electrons. The zero-order valence-corrected chi connectivity index (χ0v) is 25.6. The van der Waals surface area contributed by atoms with Gasteiger partial charge in [0.25, 0.3) is 5.56 Å². The number of para-hydroxylation sites is 1.